The third-order valence-electron chi connectivity index (χ3n) is 4.87. The molecule has 122 valence electrons. The average molecular weight is 308 g/mol. The molecule has 6 nitrogen and oxygen atoms in total. The first-order chi connectivity index (χ1) is 10.5. The summed E-state index contributed by atoms with van der Waals surface area (Å²) < 4.78 is 16.4. The van der Waals surface area contributed by atoms with E-state index in [1.54, 1.807) is 0 Å². The first-order valence-electron chi connectivity index (χ1n) is 7.75. The summed E-state index contributed by atoms with van der Waals surface area (Å²) in [7, 11) is 3.52. The lowest BCUT2D eigenvalue weighted by Crippen LogP contribution is -2.48. The van der Waals surface area contributed by atoms with Crippen LogP contribution >= 0.6 is 0 Å². The van der Waals surface area contributed by atoms with Gasteiger partial charge in [-0.2, -0.15) is 0 Å². The predicted octanol–water partition coefficient (Wildman–Crippen LogP) is 1.45. The molecule has 3 unspecified atom stereocenters. The Morgan fingerprint density at radius 1 is 1.45 bits per heavy atom. The molecule has 3 rings (SSSR count). The van der Waals surface area contributed by atoms with Gasteiger partial charge in [0.15, 0.2) is 0 Å². The number of rotatable bonds is 3. The maximum atomic E-state index is 11.7. The predicted molar refractivity (Wildman–Crippen MR) is 80.9 cm³/mol. The van der Waals surface area contributed by atoms with Crippen molar-refractivity contribution in [2.24, 2.45) is 0 Å². The van der Waals surface area contributed by atoms with Crippen molar-refractivity contribution in [3.05, 3.63) is 23.2 Å². The van der Waals surface area contributed by atoms with E-state index in [9.17, 15) is 4.79 Å². The Balaban J connectivity index is 1.74. The number of fused-ring (bicyclic) bond motifs is 1. The van der Waals surface area contributed by atoms with Crippen LogP contribution in [-0.4, -0.2) is 68.3 Å². The lowest BCUT2D eigenvalue weighted by molar-refractivity contribution is -0.0372. The molecule has 3 atom stereocenters. The third kappa shape index (κ3) is 2.66. The molecule has 2 aliphatic heterocycles. The number of esters is 1. The molecular weight excluding hydrogens is 284 g/mol. The van der Waals surface area contributed by atoms with Gasteiger partial charge >= 0.3 is 5.97 Å². The van der Waals surface area contributed by atoms with Gasteiger partial charge in [0.2, 0.25) is 5.76 Å². The maximum absolute atomic E-state index is 11.7. The first-order valence-corrected chi connectivity index (χ1v) is 7.75. The van der Waals surface area contributed by atoms with E-state index >= 15 is 0 Å². The molecule has 2 aliphatic rings. The van der Waals surface area contributed by atoms with Crippen molar-refractivity contribution in [2.75, 3.05) is 40.4 Å². The van der Waals surface area contributed by atoms with Gasteiger partial charge < -0.3 is 13.9 Å². The first kappa shape index (κ1) is 15.5. The van der Waals surface area contributed by atoms with Crippen LogP contribution in [-0.2, 0) is 9.47 Å². The number of methoxy groups -OCH3 is 1. The lowest BCUT2D eigenvalue weighted by Gasteiger charge is -2.33. The van der Waals surface area contributed by atoms with E-state index in [0.717, 1.165) is 37.6 Å². The molecule has 3 heterocycles. The molecule has 0 N–H and O–H groups in total. The third-order valence-corrected chi connectivity index (χ3v) is 4.87. The number of likely N-dealkylation sites (N-methyl/N-ethyl adjacent to an activating group) is 1. The summed E-state index contributed by atoms with van der Waals surface area (Å²) in [5, 5.41) is 0. The molecule has 0 bridgehead atoms. The maximum Gasteiger partial charge on any atom is 0.374 e. The molecule has 2 fully saturated rings. The summed E-state index contributed by atoms with van der Waals surface area (Å²) in [6.07, 6.45) is 0.261. The monoisotopic (exact) mass is 308 g/mol. The van der Waals surface area contributed by atoms with Crippen molar-refractivity contribution < 1.29 is 18.7 Å². The number of ether oxygens (including phenoxy) is 2. The van der Waals surface area contributed by atoms with Crippen molar-refractivity contribution in [1.82, 2.24) is 9.80 Å². The van der Waals surface area contributed by atoms with Crippen LogP contribution in [0.4, 0.5) is 0 Å². The van der Waals surface area contributed by atoms with Gasteiger partial charge in [0.1, 0.15) is 5.76 Å². The van der Waals surface area contributed by atoms with Gasteiger partial charge in [0.25, 0.3) is 0 Å². The minimum Gasteiger partial charge on any atom is -0.463 e. The molecule has 0 saturated carbocycles. The standard InChI is InChI=1S/C16H24N2O4/c1-10-7-13(22-15(10)16(19)20-4)11(2)18-8-12-14(9-18)21-6-5-17(12)3/h7,11-12,14H,5-6,8-9H2,1-4H3. The Labute approximate surface area is 131 Å². The minimum absolute atomic E-state index is 0.111. The molecule has 0 aliphatic carbocycles. The fourth-order valence-electron chi connectivity index (χ4n) is 3.39. The fourth-order valence-corrected chi connectivity index (χ4v) is 3.39. The summed E-state index contributed by atoms with van der Waals surface area (Å²) in [6, 6.07) is 2.48. The number of nitrogens with zero attached hydrogens (tertiary/aromatic N) is 2. The van der Waals surface area contributed by atoms with Crippen molar-refractivity contribution in [3.63, 3.8) is 0 Å². The second-order valence-electron chi connectivity index (χ2n) is 6.24. The van der Waals surface area contributed by atoms with Crippen LogP contribution in [0.1, 0.15) is 34.8 Å². The number of morpholine rings is 1. The molecule has 0 spiro atoms. The quantitative estimate of drug-likeness (QED) is 0.788. The number of carbonyl (C=O) groups excluding carboxylic acids is 1. The molecule has 2 saturated heterocycles. The Hall–Kier alpha value is -1.37. The summed E-state index contributed by atoms with van der Waals surface area (Å²) in [4.78, 5) is 16.4. The number of likely N-dealkylation sites (tertiary alicyclic amines) is 1. The highest BCUT2D eigenvalue weighted by Crippen LogP contribution is 2.31. The van der Waals surface area contributed by atoms with E-state index in [-0.39, 0.29) is 12.1 Å². The number of furan rings is 1. The van der Waals surface area contributed by atoms with Gasteiger partial charge in [-0.1, -0.05) is 0 Å². The number of hydrogen-bond donors (Lipinski definition) is 0. The van der Waals surface area contributed by atoms with Crippen LogP contribution in [0.3, 0.4) is 0 Å². The van der Waals surface area contributed by atoms with Gasteiger partial charge in [-0.3, -0.25) is 9.80 Å². The Bertz CT molecular complexity index is 556. The topological polar surface area (TPSA) is 55.1 Å². The second-order valence-corrected chi connectivity index (χ2v) is 6.24. The molecule has 1 aromatic rings. The fraction of sp³-hybridized carbons (Fsp3) is 0.688. The smallest absolute Gasteiger partial charge is 0.374 e. The zero-order valence-corrected chi connectivity index (χ0v) is 13.7. The highest BCUT2D eigenvalue weighted by molar-refractivity contribution is 5.87. The second kappa shape index (κ2) is 6.02. The summed E-state index contributed by atoms with van der Waals surface area (Å²) in [5.41, 5.74) is 0.818. The van der Waals surface area contributed by atoms with Gasteiger partial charge in [0, 0.05) is 31.2 Å². The molecule has 6 heteroatoms. The molecule has 0 aromatic carbocycles. The van der Waals surface area contributed by atoms with E-state index in [4.69, 9.17) is 13.9 Å². The van der Waals surface area contributed by atoms with Crippen LogP contribution in [0, 0.1) is 6.92 Å². The molecule has 22 heavy (non-hydrogen) atoms. The van der Waals surface area contributed by atoms with Gasteiger partial charge in [-0.15, -0.1) is 0 Å². The zero-order valence-electron chi connectivity index (χ0n) is 13.7. The van der Waals surface area contributed by atoms with Crippen molar-refractivity contribution in [2.45, 2.75) is 32.0 Å². The largest absolute Gasteiger partial charge is 0.463 e. The Kier molecular flexibility index (Phi) is 4.25. The molecule has 1 aromatic heterocycles. The minimum atomic E-state index is -0.422. The number of hydrogen-bond acceptors (Lipinski definition) is 6. The summed E-state index contributed by atoms with van der Waals surface area (Å²) in [6.45, 7) is 7.60. The van der Waals surface area contributed by atoms with E-state index in [1.165, 1.54) is 7.11 Å². The molecule has 0 radical (unpaired) electrons. The molecular formula is C16H24N2O4. The lowest BCUT2D eigenvalue weighted by atomic mass is 10.1. The normalized spacial score (nSPS) is 27.6. The Morgan fingerprint density at radius 3 is 2.91 bits per heavy atom. The van der Waals surface area contributed by atoms with E-state index in [0.29, 0.717) is 11.8 Å². The van der Waals surface area contributed by atoms with Crippen molar-refractivity contribution in [1.29, 1.82) is 0 Å². The van der Waals surface area contributed by atoms with Gasteiger partial charge in [0.05, 0.1) is 25.9 Å². The highest BCUT2D eigenvalue weighted by Gasteiger charge is 2.41. The highest BCUT2D eigenvalue weighted by atomic mass is 16.5. The van der Waals surface area contributed by atoms with Gasteiger partial charge in [-0.25, -0.2) is 4.79 Å². The van der Waals surface area contributed by atoms with E-state index < -0.39 is 5.97 Å². The van der Waals surface area contributed by atoms with Crippen molar-refractivity contribution in [3.8, 4) is 0 Å². The van der Waals surface area contributed by atoms with E-state index in [2.05, 4.69) is 23.8 Å². The van der Waals surface area contributed by atoms with Crippen LogP contribution < -0.4 is 0 Å². The van der Waals surface area contributed by atoms with Crippen molar-refractivity contribution >= 4 is 5.97 Å². The van der Waals surface area contributed by atoms with Crippen LogP contribution in [0.25, 0.3) is 0 Å². The summed E-state index contributed by atoms with van der Waals surface area (Å²) in [5.74, 6) is 0.683. The van der Waals surface area contributed by atoms with Gasteiger partial charge in [-0.05, 0) is 27.0 Å². The number of carbonyl (C=O) groups is 1. The van der Waals surface area contributed by atoms with Crippen LogP contribution in [0.5, 0.6) is 0 Å². The molecule has 0 amide bonds. The Morgan fingerprint density at radius 2 is 2.23 bits per heavy atom. The van der Waals surface area contributed by atoms with Crippen LogP contribution in [0.2, 0.25) is 0 Å². The summed E-state index contributed by atoms with van der Waals surface area (Å²) >= 11 is 0. The SMILES string of the molecule is COC(=O)c1oc(C(C)N2CC3OCCN(C)C3C2)cc1C. The average Bonchev–Trinajstić information content (AvgIpc) is 3.10. The van der Waals surface area contributed by atoms with E-state index in [1.807, 2.05) is 13.0 Å². The zero-order chi connectivity index (χ0) is 15.9. The van der Waals surface area contributed by atoms with Crippen LogP contribution in [0.15, 0.2) is 10.5 Å². The number of aryl methyl sites for hydroxylation is 1.